The summed E-state index contributed by atoms with van der Waals surface area (Å²) in [5.74, 6) is -0.205. The lowest BCUT2D eigenvalue weighted by Gasteiger charge is -2.09. The molecule has 140 valence electrons. The monoisotopic (exact) mass is 364 g/mol. The summed E-state index contributed by atoms with van der Waals surface area (Å²) in [5.41, 5.74) is 3.64. The summed E-state index contributed by atoms with van der Waals surface area (Å²) in [5, 5.41) is 5.69. The van der Waals surface area contributed by atoms with E-state index in [1.165, 1.54) is 0 Å². The zero-order chi connectivity index (χ0) is 19.1. The van der Waals surface area contributed by atoms with Crippen LogP contribution in [0, 0.1) is 6.92 Å². The summed E-state index contributed by atoms with van der Waals surface area (Å²) >= 11 is 0. The highest BCUT2D eigenvalue weighted by atomic mass is 16.2. The van der Waals surface area contributed by atoms with Crippen molar-refractivity contribution in [2.45, 2.75) is 26.3 Å². The highest BCUT2D eigenvalue weighted by Gasteiger charge is 2.08. The van der Waals surface area contributed by atoms with Crippen molar-refractivity contribution in [2.24, 2.45) is 0 Å². The van der Waals surface area contributed by atoms with Crippen LogP contribution in [0.1, 0.15) is 28.8 Å². The largest absolute Gasteiger partial charge is 0.356 e. The van der Waals surface area contributed by atoms with Crippen LogP contribution < -0.4 is 10.6 Å². The zero-order valence-electron chi connectivity index (χ0n) is 15.4. The van der Waals surface area contributed by atoms with Crippen LogP contribution in [0.15, 0.2) is 54.9 Å². The summed E-state index contributed by atoms with van der Waals surface area (Å²) in [4.78, 5) is 28.4. The lowest BCUT2D eigenvalue weighted by Crippen LogP contribution is -2.31. The molecule has 1 aromatic heterocycles. The smallest absolute Gasteiger partial charge is 0.251 e. The third-order valence-electron chi connectivity index (χ3n) is 4.45. The fourth-order valence-corrected chi connectivity index (χ4v) is 2.97. The number of nitrogens with one attached hydrogen (secondary N) is 2. The highest BCUT2D eigenvalue weighted by molar-refractivity contribution is 5.95. The molecule has 0 aliphatic carbocycles. The van der Waals surface area contributed by atoms with Gasteiger partial charge >= 0.3 is 0 Å². The van der Waals surface area contributed by atoms with Crippen LogP contribution in [0.5, 0.6) is 0 Å². The third-order valence-corrected chi connectivity index (χ3v) is 4.45. The zero-order valence-corrected chi connectivity index (χ0v) is 15.4. The molecule has 6 nitrogen and oxygen atoms in total. The van der Waals surface area contributed by atoms with Gasteiger partial charge in [0, 0.05) is 31.6 Å². The first kappa shape index (κ1) is 18.6. The molecule has 0 radical (unpaired) electrons. The molecule has 0 unspecified atom stereocenters. The maximum atomic E-state index is 12.1. The topological polar surface area (TPSA) is 76.0 Å². The quantitative estimate of drug-likeness (QED) is 0.604. The van der Waals surface area contributed by atoms with Gasteiger partial charge in [-0.1, -0.05) is 30.3 Å². The predicted molar refractivity (Wildman–Crippen MR) is 105 cm³/mol. The van der Waals surface area contributed by atoms with Gasteiger partial charge in [0.05, 0.1) is 17.4 Å². The van der Waals surface area contributed by atoms with Gasteiger partial charge in [-0.25, -0.2) is 4.98 Å². The van der Waals surface area contributed by atoms with Gasteiger partial charge < -0.3 is 15.2 Å². The maximum absolute atomic E-state index is 12.1. The third kappa shape index (κ3) is 4.94. The van der Waals surface area contributed by atoms with Crippen LogP contribution in [-0.2, 0) is 11.3 Å². The Morgan fingerprint density at radius 3 is 2.63 bits per heavy atom. The molecule has 0 atom stereocenters. The van der Waals surface area contributed by atoms with Crippen molar-refractivity contribution in [3.05, 3.63) is 66.0 Å². The molecule has 2 amide bonds. The summed E-state index contributed by atoms with van der Waals surface area (Å²) in [6.45, 7) is 3.61. The standard InChI is InChI=1S/C21H24N4O2/c1-16-7-2-3-8-17(16)21(27)23-13-11-20(26)22-12-6-14-25-15-24-18-9-4-5-10-19(18)25/h2-5,7-10,15H,6,11-14H2,1H3,(H,22,26)(H,23,27). The van der Waals surface area contributed by atoms with E-state index in [1.54, 1.807) is 6.07 Å². The number of carbonyl (C=O) groups excluding carboxylic acids is 2. The normalized spacial score (nSPS) is 10.7. The molecule has 0 aliphatic rings. The minimum atomic E-state index is -0.145. The molecule has 0 aliphatic heterocycles. The molecular formula is C21H24N4O2. The molecule has 3 aromatic rings. The van der Waals surface area contributed by atoms with Gasteiger partial charge in [-0.2, -0.15) is 0 Å². The van der Waals surface area contributed by atoms with E-state index in [0.717, 1.165) is 29.6 Å². The number of carbonyl (C=O) groups is 2. The molecule has 2 aromatic carbocycles. The second-order valence-corrected chi connectivity index (χ2v) is 6.45. The average molecular weight is 364 g/mol. The molecule has 27 heavy (non-hydrogen) atoms. The molecule has 3 rings (SSSR count). The van der Waals surface area contributed by atoms with Gasteiger partial charge in [-0.3, -0.25) is 9.59 Å². The predicted octanol–water partition coefficient (Wildman–Crippen LogP) is 2.67. The van der Waals surface area contributed by atoms with Crippen molar-refractivity contribution in [1.29, 1.82) is 0 Å². The van der Waals surface area contributed by atoms with Gasteiger partial charge in [0.25, 0.3) is 5.91 Å². The average Bonchev–Trinajstić information content (AvgIpc) is 3.09. The lowest BCUT2D eigenvalue weighted by molar-refractivity contribution is -0.120. The Labute approximate surface area is 158 Å². The number of fused-ring (bicyclic) bond motifs is 1. The van der Waals surface area contributed by atoms with Gasteiger partial charge in [-0.05, 0) is 37.1 Å². The summed E-state index contributed by atoms with van der Waals surface area (Å²) in [6.07, 6.45) is 2.92. The number of aromatic nitrogens is 2. The number of rotatable bonds is 8. The van der Waals surface area contributed by atoms with Crippen molar-refractivity contribution in [2.75, 3.05) is 13.1 Å². The fourth-order valence-electron chi connectivity index (χ4n) is 2.97. The maximum Gasteiger partial charge on any atom is 0.251 e. The van der Waals surface area contributed by atoms with Crippen molar-refractivity contribution in [3.8, 4) is 0 Å². The number of amides is 2. The van der Waals surface area contributed by atoms with Crippen LogP contribution in [0.2, 0.25) is 0 Å². The fraction of sp³-hybridized carbons (Fsp3) is 0.286. The number of benzene rings is 2. The molecular weight excluding hydrogens is 340 g/mol. The van der Waals surface area contributed by atoms with E-state index in [4.69, 9.17) is 0 Å². The molecule has 2 N–H and O–H groups in total. The SMILES string of the molecule is Cc1ccccc1C(=O)NCCC(=O)NCCCn1cnc2ccccc21. The first-order chi connectivity index (χ1) is 13.1. The summed E-state index contributed by atoms with van der Waals surface area (Å²) in [7, 11) is 0. The Balaban J connectivity index is 1.34. The Hall–Kier alpha value is -3.15. The molecule has 0 fully saturated rings. The Kier molecular flexibility index (Phi) is 6.20. The van der Waals surface area contributed by atoms with Gasteiger partial charge in [0.1, 0.15) is 0 Å². The number of aryl methyl sites for hydroxylation is 2. The minimum absolute atomic E-state index is 0.0597. The number of hydrogen-bond acceptors (Lipinski definition) is 3. The number of para-hydroxylation sites is 2. The van der Waals surface area contributed by atoms with Crippen LogP contribution in [-0.4, -0.2) is 34.5 Å². The van der Waals surface area contributed by atoms with Crippen molar-refractivity contribution in [3.63, 3.8) is 0 Å². The summed E-state index contributed by atoms with van der Waals surface area (Å²) in [6, 6.07) is 15.4. The Morgan fingerprint density at radius 2 is 1.78 bits per heavy atom. The van der Waals surface area contributed by atoms with Gasteiger partial charge in [-0.15, -0.1) is 0 Å². The Bertz CT molecular complexity index is 933. The minimum Gasteiger partial charge on any atom is -0.356 e. The van der Waals surface area contributed by atoms with E-state index in [0.29, 0.717) is 18.7 Å². The lowest BCUT2D eigenvalue weighted by atomic mass is 10.1. The molecule has 1 heterocycles. The molecule has 0 saturated heterocycles. The van der Waals surface area contributed by atoms with E-state index >= 15 is 0 Å². The van der Waals surface area contributed by atoms with E-state index in [9.17, 15) is 9.59 Å². The second kappa shape index (κ2) is 8.98. The second-order valence-electron chi connectivity index (χ2n) is 6.45. The van der Waals surface area contributed by atoms with E-state index in [2.05, 4.69) is 20.2 Å². The van der Waals surface area contributed by atoms with Gasteiger partial charge in [0.2, 0.25) is 5.91 Å². The van der Waals surface area contributed by atoms with Crippen LogP contribution in [0.4, 0.5) is 0 Å². The van der Waals surface area contributed by atoms with Crippen LogP contribution in [0.3, 0.4) is 0 Å². The molecule has 0 saturated carbocycles. The van der Waals surface area contributed by atoms with Gasteiger partial charge in [0.15, 0.2) is 0 Å². The van der Waals surface area contributed by atoms with E-state index in [1.807, 2.05) is 55.7 Å². The first-order valence-electron chi connectivity index (χ1n) is 9.15. The molecule has 6 heteroatoms. The van der Waals surface area contributed by atoms with Crippen molar-refractivity contribution >= 4 is 22.8 Å². The first-order valence-corrected chi connectivity index (χ1v) is 9.15. The van der Waals surface area contributed by atoms with E-state index < -0.39 is 0 Å². The van der Waals surface area contributed by atoms with Crippen LogP contribution >= 0.6 is 0 Å². The molecule has 0 spiro atoms. The molecule has 0 bridgehead atoms. The van der Waals surface area contributed by atoms with Crippen molar-refractivity contribution in [1.82, 2.24) is 20.2 Å². The Morgan fingerprint density at radius 1 is 1.00 bits per heavy atom. The highest BCUT2D eigenvalue weighted by Crippen LogP contribution is 2.11. The van der Waals surface area contributed by atoms with Crippen LogP contribution in [0.25, 0.3) is 11.0 Å². The number of imidazole rings is 1. The number of nitrogens with zero attached hydrogens (tertiary/aromatic N) is 2. The van der Waals surface area contributed by atoms with E-state index in [-0.39, 0.29) is 18.2 Å². The number of hydrogen-bond donors (Lipinski definition) is 2. The van der Waals surface area contributed by atoms with Crippen molar-refractivity contribution < 1.29 is 9.59 Å². The summed E-state index contributed by atoms with van der Waals surface area (Å²) < 4.78 is 2.09.